The highest BCUT2D eigenvalue weighted by molar-refractivity contribution is 5.95. The van der Waals surface area contributed by atoms with Crippen molar-refractivity contribution in [2.24, 2.45) is 0 Å². The molecule has 5 rings (SSSR count). The number of hydrogen-bond donors (Lipinski definition) is 3. The highest BCUT2D eigenvalue weighted by atomic mass is 16.5. The van der Waals surface area contributed by atoms with Crippen molar-refractivity contribution in [3.63, 3.8) is 0 Å². The molecule has 0 radical (unpaired) electrons. The first-order chi connectivity index (χ1) is 18.4. The normalized spacial score (nSPS) is 17.7. The van der Waals surface area contributed by atoms with E-state index in [4.69, 9.17) is 9.72 Å². The van der Waals surface area contributed by atoms with Crippen LogP contribution in [-0.4, -0.2) is 72.6 Å². The Morgan fingerprint density at radius 2 is 1.68 bits per heavy atom. The Morgan fingerprint density at radius 3 is 2.34 bits per heavy atom. The third kappa shape index (κ3) is 6.27. The Labute approximate surface area is 222 Å². The van der Waals surface area contributed by atoms with Crippen LogP contribution in [0.3, 0.4) is 0 Å². The van der Waals surface area contributed by atoms with E-state index in [1.54, 1.807) is 29.2 Å². The van der Waals surface area contributed by atoms with Gasteiger partial charge in [-0.1, -0.05) is 12.1 Å². The van der Waals surface area contributed by atoms with Crippen molar-refractivity contribution in [2.45, 2.75) is 20.0 Å². The Balaban J connectivity index is 1.17. The van der Waals surface area contributed by atoms with Crippen molar-refractivity contribution >= 4 is 35.0 Å². The molecule has 0 bridgehead atoms. The zero-order chi connectivity index (χ0) is 26.5. The van der Waals surface area contributed by atoms with Crippen molar-refractivity contribution in [3.05, 3.63) is 71.4 Å². The minimum absolute atomic E-state index is 0.00208. The molecule has 10 heteroatoms. The van der Waals surface area contributed by atoms with Crippen LogP contribution in [0, 0.1) is 6.92 Å². The molecule has 1 unspecified atom stereocenters. The van der Waals surface area contributed by atoms with Gasteiger partial charge in [-0.3, -0.25) is 4.79 Å². The summed E-state index contributed by atoms with van der Waals surface area (Å²) in [7, 11) is 0. The molecule has 10 nitrogen and oxygen atoms in total. The van der Waals surface area contributed by atoms with Gasteiger partial charge in [-0.25, -0.2) is 9.78 Å². The third-order valence-electron chi connectivity index (χ3n) is 6.74. The van der Waals surface area contributed by atoms with E-state index in [0.29, 0.717) is 43.4 Å². The predicted molar refractivity (Wildman–Crippen MR) is 147 cm³/mol. The summed E-state index contributed by atoms with van der Waals surface area (Å²) in [5, 5.41) is 9.59. The maximum Gasteiger partial charge on any atom is 0.321 e. The zero-order valence-corrected chi connectivity index (χ0v) is 21.7. The number of urea groups is 1. The van der Waals surface area contributed by atoms with E-state index in [-0.39, 0.29) is 17.9 Å². The lowest BCUT2D eigenvalue weighted by Crippen LogP contribution is -2.50. The molecule has 2 aliphatic heterocycles. The van der Waals surface area contributed by atoms with Gasteiger partial charge in [-0.2, -0.15) is 4.98 Å². The highest BCUT2D eigenvalue weighted by Crippen LogP contribution is 2.23. The van der Waals surface area contributed by atoms with Gasteiger partial charge in [0.1, 0.15) is 5.82 Å². The van der Waals surface area contributed by atoms with Crippen LogP contribution in [0.25, 0.3) is 0 Å². The van der Waals surface area contributed by atoms with E-state index < -0.39 is 0 Å². The molecule has 3 aromatic rings. The lowest BCUT2D eigenvalue weighted by Gasteiger charge is -2.35. The number of ketones is 1. The number of amides is 2. The number of piperazine rings is 1. The quantitative estimate of drug-likeness (QED) is 0.426. The molecule has 2 amide bonds. The number of rotatable bonds is 6. The van der Waals surface area contributed by atoms with Crippen molar-refractivity contribution in [1.82, 2.24) is 20.2 Å². The smallest absolute Gasteiger partial charge is 0.321 e. The fourth-order valence-electron chi connectivity index (χ4n) is 4.59. The molecule has 3 heterocycles. The monoisotopic (exact) mass is 515 g/mol. The van der Waals surface area contributed by atoms with E-state index in [1.165, 1.54) is 6.92 Å². The van der Waals surface area contributed by atoms with E-state index in [2.05, 4.69) is 38.0 Å². The largest absolute Gasteiger partial charge is 0.371 e. The summed E-state index contributed by atoms with van der Waals surface area (Å²) in [4.78, 5) is 37.5. The highest BCUT2D eigenvalue weighted by Gasteiger charge is 2.23. The van der Waals surface area contributed by atoms with Crippen LogP contribution in [0.2, 0.25) is 0 Å². The third-order valence-corrected chi connectivity index (χ3v) is 6.74. The summed E-state index contributed by atoms with van der Waals surface area (Å²) >= 11 is 0. The number of hydrogen-bond acceptors (Lipinski definition) is 8. The van der Waals surface area contributed by atoms with Gasteiger partial charge in [-0.05, 0) is 55.8 Å². The Morgan fingerprint density at radius 1 is 0.974 bits per heavy atom. The minimum atomic E-state index is -0.153. The van der Waals surface area contributed by atoms with E-state index in [0.717, 1.165) is 42.5 Å². The molecule has 1 atom stereocenters. The van der Waals surface area contributed by atoms with Crippen LogP contribution in [0.15, 0.2) is 54.6 Å². The number of carbonyl (C=O) groups is 2. The van der Waals surface area contributed by atoms with Crippen LogP contribution >= 0.6 is 0 Å². The van der Waals surface area contributed by atoms with Gasteiger partial charge in [0.05, 0.1) is 12.7 Å². The van der Waals surface area contributed by atoms with Crippen LogP contribution in [0.1, 0.15) is 34.6 Å². The van der Waals surface area contributed by atoms with Gasteiger partial charge in [0, 0.05) is 68.0 Å². The van der Waals surface area contributed by atoms with E-state index >= 15 is 0 Å². The molecule has 0 aliphatic carbocycles. The van der Waals surface area contributed by atoms with E-state index in [9.17, 15) is 9.59 Å². The second-order valence-electron chi connectivity index (χ2n) is 9.54. The van der Waals surface area contributed by atoms with Gasteiger partial charge in [0.25, 0.3) is 0 Å². The molecule has 2 fully saturated rings. The Bertz CT molecular complexity index is 1270. The average Bonchev–Trinajstić information content (AvgIpc) is 2.94. The number of nitrogens with one attached hydrogen (secondary N) is 3. The van der Waals surface area contributed by atoms with E-state index in [1.807, 2.05) is 25.1 Å². The second kappa shape index (κ2) is 11.6. The number of aryl methyl sites for hydroxylation is 1. The molecule has 38 heavy (non-hydrogen) atoms. The van der Waals surface area contributed by atoms with Crippen LogP contribution in [0.5, 0.6) is 0 Å². The number of Topliss-reactive ketones (excluding diaryl/α,β-unsaturated/α-hetero) is 1. The van der Waals surface area contributed by atoms with Gasteiger partial charge < -0.3 is 30.5 Å². The number of carbonyl (C=O) groups excluding carboxylic acids is 2. The molecular formula is C28H33N7O3. The van der Waals surface area contributed by atoms with Gasteiger partial charge in [0.2, 0.25) is 5.95 Å². The molecule has 2 saturated heterocycles. The number of nitrogens with zero attached hydrogens (tertiary/aromatic N) is 4. The lowest BCUT2D eigenvalue weighted by molar-refractivity contribution is 0.0277. The van der Waals surface area contributed by atoms with Gasteiger partial charge >= 0.3 is 6.03 Å². The summed E-state index contributed by atoms with van der Waals surface area (Å²) in [6, 6.07) is 16.9. The standard InChI is InChI=1S/C28H33N7O3/c1-19-17-26(33-27(30-19)31-23-9-5-22(6-10-23)25-18-29-11-16-38-25)34-12-14-35(15-13-34)28(37)32-24-7-3-21(4-8-24)20(2)36/h3-10,17,25,29H,11-16,18H2,1-2H3,(H,32,37)(H,30,31,33). The average molecular weight is 516 g/mol. The lowest BCUT2D eigenvalue weighted by atomic mass is 10.1. The molecule has 0 saturated carbocycles. The Hall–Kier alpha value is -4.02. The number of benzene rings is 2. The first-order valence-electron chi connectivity index (χ1n) is 12.9. The summed E-state index contributed by atoms with van der Waals surface area (Å²) in [5.74, 6) is 1.37. The molecule has 1 aromatic heterocycles. The van der Waals surface area contributed by atoms with Crippen molar-refractivity contribution in [2.75, 3.05) is 61.4 Å². The molecule has 3 N–H and O–H groups in total. The second-order valence-corrected chi connectivity index (χ2v) is 9.54. The summed E-state index contributed by atoms with van der Waals surface area (Å²) in [6.45, 7) is 8.38. The number of anilines is 4. The SMILES string of the molecule is CC(=O)c1ccc(NC(=O)N2CCN(c3cc(C)nc(Nc4ccc(C5CNCCO5)cc4)n3)CC2)cc1. The maximum absolute atomic E-state index is 12.7. The zero-order valence-electron chi connectivity index (χ0n) is 21.7. The van der Waals surface area contributed by atoms with Crippen molar-refractivity contribution < 1.29 is 14.3 Å². The molecule has 2 aliphatic rings. The predicted octanol–water partition coefficient (Wildman–Crippen LogP) is 3.75. The molecule has 198 valence electrons. The first-order valence-corrected chi connectivity index (χ1v) is 12.9. The van der Waals surface area contributed by atoms with Crippen LogP contribution < -0.4 is 20.9 Å². The topological polar surface area (TPSA) is 112 Å². The summed E-state index contributed by atoms with van der Waals surface area (Å²) in [6.07, 6.45) is 0.0765. The van der Waals surface area contributed by atoms with Gasteiger partial charge in [0.15, 0.2) is 5.78 Å². The number of ether oxygens (including phenoxy) is 1. The molecule has 0 spiro atoms. The maximum atomic E-state index is 12.7. The minimum Gasteiger partial charge on any atom is -0.371 e. The van der Waals surface area contributed by atoms with Crippen LogP contribution in [-0.2, 0) is 4.74 Å². The first kappa shape index (κ1) is 25.6. The van der Waals surface area contributed by atoms with Crippen molar-refractivity contribution in [3.8, 4) is 0 Å². The summed E-state index contributed by atoms with van der Waals surface area (Å²) < 4.78 is 5.83. The van der Waals surface area contributed by atoms with Crippen molar-refractivity contribution in [1.29, 1.82) is 0 Å². The fourth-order valence-corrected chi connectivity index (χ4v) is 4.59. The van der Waals surface area contributed by atoms with Crippen LogP contribution in [0.4, 0.5) is 27.9 Å². The number of aromatic nitrogens is 2. The molecular weight excluding hydrogens is 482 g/mol. The van der Waals surface area contributed by atoms with Gasteiger partial charge in [-0.15, -0.1) is 0 Å². The fraction of sp³-hybridized carbons (Fsp3) is 0.357. The summed E-state index contributed by atoms with van der Waals surface area (Å²) in [5.41, 5.74) is 4.20. The molecule has 2 aromatic carbocycles. The Kier molecular flexibility index (Phi) is 7.81. The number of morpholine rings is 1.